The van der Waals surface area contributed by atoms with E-state index in [1.165, 1.54) is 6.08 Å². The first kappa shape index (κ1) is 20.3. The van der Waals surface area contributed by atoms with Crippen LogP contribution in [0.5, 0.6) is 11.5 Å². The van der Waals surface area contributed by atoms with Gasteiger partial charge in [-0.2, -0.15) is 0 Å². The summed E-state index contributed by atoms with van der Waals surface area (Å²) in [6.45, 7) is 0.852. The van der Waals surface area contributed by atoms with Gasteiger partial charge < -0.3 is 24.4 Å². The summed E-state index contributed by atoms with van der Waals surface area (Å²) >= 11 is 0. The van der Waals surface area contributed by atoms with Crippen LogP contribution in [0.25, 0.3) is 6.08 Å². The number of hydrogen-bond donors (Lipinski definition) is 1. The van der Waals surface area contributed by atoms with Gasteiger partial charge in [-0.15, -0.1) is 0 Å². The van der Waals surface area contributed by atoms with Crippen LogP contribution in [0, 0.1) is 0 Å². The molecule has 29 heavy (non-hydrogen) atoms. The molecule has 1 amide bonds. The van der Waals surface area contributed by atoms with E-state index in [2.05, 4.69) is 5.32 Å². The van der Waals surface area contributed by atoms with Crippen molar-refractivity contribution in [2.24, 2.45) is 0 Å². The first-order chi connectivity index (χ1) is 14.0. The number of ether oxygens (including phenoxy) is 3. The first-order valence-corrected chi connectivity index (χ1v) is 9.33. The molecule has 0 fully saturated rings. The molecule has 0 radical (unpaired) electrons. The molecule has 1 aliphatic rings. The number of amides is 1. The number of nitrogens with zero attached hydrogens (tertiary/aromatic N) is 1. The molecule has 2 aromatic carbocycles. The molecule has 0 saturated heterocycles. The predicted molar refractivity (Wildman–Crippen MR) is 111 cm³/mol. The van der Waals surface area contributed by atoms with Crippen LogP contribution < -0.4 is 19.7 Å². The molecule has 0 bridgehead atoms. The van der Waals surface area contributed by atoms with E-state index in [-0.39, 0.29) is 6.61 Å². The fraction of sp³-hybridized carbons (Fsp3) is 0.273. The Morgan fingerprint density at radius 1 is 1.07 bits per heavy atom. The SMILES string of the molecule is CN(C)c1ccc(NC(=O)COC(=O)/C=C/c2ccc3c(c2)OCCCO3)cc1. The van der Waals surface area contributed by atoms with Crippen LogP contribution in [0.15, 0.2) is 48.5 Å². The summed E-state index contributed by atoms with van der Waals surface area (Å²) in [6.07, 6.45) is 3.71. The second-order valence-corrected chi connectivity index (χ2v) is 6.69. The number of fused-ring (bicyclic) bond motifs is 1. The highest BCUT2D eigenvalue weighted by atomic mass is 16.5. The third kappa shape index (κ3) is 6.00. The second-order valence-electron chi connectivity index (χ2n) is 6.69. The van der Waals surface area contributed by atoms with Crippen LogP contribution >= 0.6 is 0 Å². The van der Waals surface area contributed by atoms with Gasteiger partial charge in [0.2, 0.25) is 0 Å². The molecule has 0 spiro atoms. The Labute approximate surface area is 169 Å². The summed E-state index contributed by atoms with van der Waals surface area (Å²) in [5.41, 5.74) is 2.44. The minimum Gasteiger partial charge on any atom is -0.490 e. The molecule has 2 aromatic rings. The van der Waals surface area contributed by atoms with E-state index in [0.29, 0.717) is 30.4 Å². The smallest absolute Gasteiger partial charge is 0.331 e. The Morgan fingerprint density at radius 2 is 1.79 bits per heavy atom. The van der Waals surface area contributed by atoms with E-state index < -0.39 is 11.9 Å². The van der Waals surface area contributed by atoms with Gasteiger partial charge in [-0.1, -0.05) is 6.07 Å². The van der Waals surface area contributed by atoms with E-state index in [1.807, 2.05) is 37.2 Å². The van der Waals surface area contributed by atoms with Crippen LogP contribution in [0.2, 0.25) is 0 Å². The summed E-state index contributed by atoms with van der Waals surface area (Å²) in [6, 6.07) is 12.8. The maximum atomic E-state index is 11.9. The average molecular weight is 396 g/mol. The average Bonchev–Trinajstić information content (AvgIpc) is 2.96. The van der Waals surface area contributed by atoms with Crippen molar-refractivity contribution >= 4 is 29.3 Å². The zero-order chi connectivity index (χ0) is 20.6. The van der Waals surface area contributed by atoms with E-state index in [4.69, 9.17) is 14.2 Å². The molecule has 0 unspecified atom stereocenters. The summed E-state index contributed by atoms with van der Waals surface area (Å²) in [5.74, 6) is 0.338. The molecule has 0 aliphatic carbocycles. The number of hydrogen-bond acceptors (Lipinski definition) is 6. The maximum absolute atomic E-state index is 11.9. The van der Waals surface area contributed by atoms with Gasteiger partial charge in [0.05, 0.1) is 13.2 Å². The largest absolute Gasteiger partial charge is 0.490 e. The Hall–Kier alpha value is -3.48. The normalized spacial score (nSPS) is 12.9. The van der Waals surface area contributed by atoms with E-state index in [0.717, 1.165) is 17.7 Å². The molecule has 0 saturated carbocycles. The van der Waals surface area contributed by atoms with Crippen molar-refractivity contribution in [3.05, 3.63) is 54.1 Å². The van der Waals surface area contributed by atoms with Crippen LogP contribution in [0.1, 0.15) is 12.0 Å². The van der Waals surface area contributed by atoms with Crippen molar-refractivity contribution in [2.75, 3.05) is 44.1 Å². The van der Waals surface area contributed by atoms with E-state index in [9.17, 15) is 9.59 Å². The van der Waals surface area contributed by atoms with Crippen molar-refractivity contribution in [1.82, 2.24) is 0 Å². The molecule has 7 nitrogen and oxygen atoms in total. The molecule has 1 aliphatic heterocycles. The van der Waals surface area contributed by atoms with Crippen molar-refractivity contribution in [2.45, 2.75) is 6.42 Å². The number of rotatable bonds is 6. The molecule has 0 atom stereocenters. The van der Waals surface area contributed by atoms with Gasteiger partial charge in [-0.25, -0.2) is 4.79 Å². The number of carbonyl (C=O) groups is 2. The number of carbonyl (C=O) groups excluding carboxylic acids is 2. The van der Waals surface area contributed by atoms with E-state index in [1.54, 1.807) is 30.3 Å². The molecular weight excluding hydrogens is 372 g/mol. The highest BCUT2D eigenvalue weighted by Gasteiger charge is 2.10. The number of anilines is 2. The van der Waals surface area contributed by atoms with Crippen molar-refractivity contribution in [3.8, 4) is 11.5 Å². The third-order valence-electron chi connectivity index (χ3n) is 4.20. The van der Waals surface area contributed by atoms with Gasteiger partial charge in [0.15, 0.2) is 18.1 Å². The van der Waals surface area contributed by atoms with E-state index >= 15 is 0 Å². The molecule has 7 heteroatoms. The fourth-order valence-corrected chi connectivity index (χ4v) is 2.67. The predicted octanol–water partition coefficient (Wildman–Crippen LogP) is 3.11. The van der Waals surface area contributed by atoms with Gasteiger partial charge in [-0.05, 0) is 48.0 Å². The number of esters is 1. The summed E-state index contributed by atoms with van der Waals surface area (Å²) in [4.78, 5) is 25.8. The Kier molecular flexibility index (Phi) is 6.73. The standard InChI is InChI=1S/C22H24N2O5/c1-24(2)18-8-6-17(7-9-18)23-21(25)15-29-22(26)11-5-16-4-10-19-20(14-16)28-13-3-12-27-19/h4-11,14H,3,12-13,15H2,1-2H3,(H,23,25)/b11-5+. The van der Waals surface area contributed by atoms with Crippen LogP contribution in [-0.4, -0.2) is 45.8 Å². The van der Waals surface area contributed by atoms with Gasteiger partial charge in [0.1, 0.15) is 0 Å². The van der Waals surface area contributed by atoms with Gasteiger partial charge in [-0.3, -0.25) is 4.79 Å². The van der Waals surface area contributed by atoms with Crippen LogP contribution in [-0.2, 0) is 14.3 Å². The van der Waals surface area contributed by atoms with Gasteiger partial charge in [0.25, 0.3) is 5.91 Å². The maximum Gasteiger partial charge on any atom is 0.331 e. The summed E-state index contributed by atoms with van der Waals surface area (Å²) in [7, 11) is 3.87. The topological polar surface area (TPSA) is 77.1 Å². The zero-order valence-corrected chi connectivity index (χ0v) is 16.5. The van der Waals surface area contributed by atoms with Crippen molar-refractivity contribution < 1.29 is 23.8 Å². The summed E-state index contributed by atoms with van der Waals surface area (Å²) < 4.78 is 16.2. The molecule has 3 rings (SSSR count). The highest BCUT2D eigenvalue weighted by molar-refractivity contribution is 5.94. The lowest BCUT2D eigenvalue weighted by atomic mass is 10.2. The lowest BCUT2D eigenvalue weighted by molar-refractivity contribution is -0.142. The lowest BCUT2D eigenvalue weighted by Gasteiger charge is -2.13. The number of benzene rings is 2. The zero-order valence-electron chi connectivity index (χ0n) is 16.5. The lowest BCUT2D eigenvalue weighted by Crippen LogP contribution is -2.20. The molecule has 1 heterocycles. The second kappa shape index (κ2) is 9.64. The van der Waals surface area contributed by atoms with Gasteiger partial charge >= 0.3 is 5.97 Å². The molecule has 152 valence electrons. The Bertz CT molecular complexity index is 891. The Morgan fingerprint density at radius 3 is 2.52 bits per heavy atom. The minimum absolute atomic E-state index is 0.361. The molecular formula is C22H24N2O5. The quantitative estimate of drug-likeness (QED) is 0.597. The minimum atomic E-state index is -0.602. The molecule has 1 N–H and O–H groups in total. The van der Waals surface area contributed by atoms with Crippen molar-refractivity contribution in [1.29, 1.82) is 0 Å². The first-order valence-electron chi connectivity index (χ1n) is 9.33. The fourth-order valence-electron chi connectivity index (χ4n) is 2.67. The molecule has 0 aromatic heterocycles. The Balaban J connectivity index is 1.48. The van der Waals surface area contributed by atoms with Crippen LogP contribution in [0.4, 0.5) is 11.4 Å². The highest BCUT2D eigenvalue weighted by Crippen LogP contribution is 2.30. The monoisotopic (exact) mass is 396 g/mol. The van der Waals surface area contributed by atoms with Gasteiger partial charge in [0, 0.05) is 38.0 Å². The van der Waals surface area contributed by atoms with Crippen molar-refractivity contribution in [3.63, 3.8) is 0 Å². The third-order valence-corrected chi connectivity index (χ3v) is 4.20. The number of nitrogens with one attached hydrogen (secondary N) is 1. The summed E-state index contributed by atoms with van der Waals surface area (Å²) in [5, 5.41) is 2.69. The van der Waals surface area contributed by atoms with Crippen LogP contribution in [0.3, 0.4) is 0 Å².